The molecule has 0 aliphatic carbocycles. The SMILES string of the molecule is COc1ccc2ccccc2c1/C=C1/C(=O)NC(=O)N(c2ccc(F)cc2)C1=O. The average molecular weight is 390 g/mol. The number of barbiturate groups is 1. The van der Waals surface area contributed by atoms with Gasteiger partial charge < -0.3 is 4.74 Å². The van der Waals surface area contributed by atoms with Crippen molar-refractivity contribution in [3.05, 3.63) is 77.6 Å². The van der Waals surface area contributed by atoms with Crippen LogP contribution in [0.15, 0.2) is 66.2 Å². The highest BCUT2D eigenvalue weighted by molar-refractivity contribution is 6.39. The number of methoxy groups -OCH3 is 1. The zero-order valence-electron chi connectivity index (χ0n) is 15.3. The Morgan fingerprint density at radius 2 is 1.69 bits per heavy atom. The normalized spacial score (nSPS) is 15.7. The number of nitrogens with one attached hydrogen (secondary N) is 1. The highest BCUT2D eigenvalue weighted by Gasteiger charge is 2.37. The molecule has 144 valence electrons. The van der Waals surface area contributed by atoms with Gasteiger partial charge in [0.05, 0.1) is 12.8 Å². The van der Waals surface area contributed by atoms with Gasteiger partial charge in [0.2, 0.25) is 0 Å². The van der Waals surface area contributed by atoms with Crippen molar-refractivity contribution in [2.75, 3.05) is 12.0 Å². The summed E-state index contributed by atoms with van der Waals surface area (Å²) in [5, 5.41) is 3.83. The molecular weight excluding hydrogens is 375 g/mol. The zero-order chi connectivity index (χ0) is 20.5. The molecule has 0 aromatic heterocycles. The summed E-state index contributed by atoms with van der Waals surface area (Å²) < 4.78 is 18.6. The summed E-state index contributed by atoms with van der Waals surface area (Å²) in [6.07, 6.45) is 1.40. The Kier molecular flexibility index (Phi) is 4.56. The monoisotopic (exact) mass is 390 g/mol. The van der Waals surface area contributed by atoms with Crippen LogP contribution in [0, 0.1) is 5.82 Å². The first kappa shape index (κ1) is 18.4. The molecule has 4 rings (SSSR count). The van der Waals surface area contributed by atoms with Crippen molar-refractivity contribution >= 4 is 40.4 Å². The molecule has 4 amide bonds. The smallest absolute Gasteiger partial charge is 0.335 e. The van der Waals surface area contributed by atoms with Crippen molar-refractivity contribution in [1.82, 2.24) is 5.32 Å². The molecule has 7 heteroatoms. The van der Waals surface area contributed by atoms with E-state index in [2.05, 4.69) is 5.32 Å². The minimum Gasteiger partial charge on any atom is -0.496 e. The van der Waals surface area contributed by atoms with E-state index in [0.717, 1.165) is 27.8 Å². The van der Waals surface area contributed by atoms with E-state index in [9.17, 15) is 18.8 Å². The van der Waals surface area contributed by atoms with Crippen LogP contribution in [0.2, 0.25) is 0 Å². The maximum absolute atomic E-state index is 13.2. The lowest BCUT2D eigenvalue weighted by Gasteiger charge is -2.26. The number of anilines is 1. The van der Waals surface area contributed by atoms with Crippen LogP contribution in [-0.4, -0.2) is 25.0 Å². The van der Waals surface area contributed by atoms with Crippen molar-refractivity contribution in [3.8, 4) is 5.75 Å². The Balaban J connectivity index is 1.86. The van der Waals surface area contributed by atoms with Gasteiger partial charge >= 0.3 is 6.03 Å². The first-order chi connectivity index (χ1) is 14.0. The standard InChI is InChI=1S/C22H15FN2O4/c1-29-19-11-6-13-4-2-3-5-16(13)17(19)12-18-20(26)24-22(28)25(21(18)27)15-9-7-14(23)8-10-15/h2-12H,1H3,(H,24,26,28)/b18-12-. The Morgan fingerprint density at radius 3 is 2.41 bits per heavy atom. The molecule has 3 aromatic rings. The molecule has 6 nitrogen and oxygen atoms in total. The number of ether oxygens (including phenoxy) is 1. The molecule has 1 aliphatic heterocycles. The molecular formula is C22H15FN2O4. The van der Waals surface area contributed by atoms with Gasteiger partial charge in [0.15, 0.2) is 0 Å². The molecule has 3 aromatic carbocycles. The number of amides is 4. The van der Waals surface area contributed by atoms with Gasteiger partial charge in [0.1, 0.15) is 17.1 Å². The summed E-state index contributed by atoms with van der Waals surface area (Å²) in [7, 11) is 1.49. The lowest BCUT2D eigenvalue weighted by molar-refractivity contribution is -0.122. The highest BCUT2D eigenvalue weighted by Crippen LogP contribution is 2.31. The number of imide groups is 2. The summed E-state index contributed by atoms with van der Waals surface area (Å²) in [5.41, 5.74) is 0.457. The zero-order valence-corrected chi connectivity index (χ0v) is 15.3. The van der Waals surface area contributed by atoms with Crippen LogP contribution in [0.1, 0.15) is 5.56 Å². The summed E-state index contributed by atoms with van der Waals surface area (Å²) in [4.78, 5) is 38.5. The van der Waals surface area contributed by atoms with Gasteiger partial charge in [-0.05, 0) is 47.2 Å². The lowest BCUT2D eigenvalue weighted by Crippen LogP contribution is -2.54. The molecule has 0 bridgehead atoms. The summed E-state index contributed by atoms with van der Waals surface area (Å²) >= 11 is 0. The first-order valence-electron chi connectivity index (χ1n) is 8.72. The number of nitrogens with zero attached hydrogens (tertiary/aromatic N) is 1. The second-order valence-corrected chi connectivity index (χ2v) is 6.34. The quantitative estimate of drug-likeness (QED) is 0.547. The van der Waals surface area contributed by atoms with E-state index in [1.165, 1.54) is 25.3 Å². The maximum Gasteiger partial charge on any atom is 0.335 e. The number of rotatable bonds is 3. The van der Waals surface area contributed by atoms with Gasteiger partial charge in [-0.25, -0.2) is 14.1 Å². The number of fused-ring (bicyclic) bond motifs is 1. The summed E-state index contributed by atoms with van der Waals surface area (Å²) in [6.45, 7) is 0. The van der Waals surface area contributed by atoms with Crippen molar-refractivity contribution in [3.63, 3.8) is 0 Å². The van der Waals surface area contributed by atoms with Crippen LogP contribution < -0.4 is 15.0 Å². The van der Waals surface area contributed by atoms with Gasteiger partial charge in [-0.15, -0.1) is 0 Å². The Bertz CT molecular complexity index is 1190. The molecule has 1 saturated heterocycles. The van der Waals surface area contributed by atoms with Gasteiger partial charge in [-0.3, -0.25) is 14.9 Å². The van der Waals surface area contributed by atoms with Crippen molar-refractivity contribution in [1.29, 1.82) is 0 Å². The molecule has 1 N–H and O–H groups in total. The first-order valence-corrected chi connectivity index (χ1v) is 8.72. The lowest BCUT2D eigenvalue weighted by atomic mass is 9.99. The second kappa shape index (κ2) is 7.20. The van der Waals surface area contributed by atoms with E-state index in [1.807, 2.05) is 30.3 Å². The predicted molar refractivity (Wildman–Crippen MR) is 106 cm³/mol. The number of carbonyl (C=O) groups is 3. The van der Waals surface area contributed by atoms with Gasteiger partial charge in [-0.1, -0.05) is 30.3 Å². The fourth-order valence-electron chi connectivity index (χ4n) is 3.23. The number of hydrogen-bond donors (Lipinski definition) is 1. The molecule has 0 saturated carbocycles. The fourth-order valence-corrected chi connectivity index (χ4v) is 3.23. The Labute approximate surface area is 165 Å². The number of carbonyl (C=O) groups excluding carboxylic acids is 3. The molecule has 1 fully saturated rings. The largest absolute Gasteiger partial charge is 0.496 e. The minimum atomic E-state index is -0.895. The molecule has 0 spiro atoms. The fraction of sp³-hybridized carbons (Fsp3) is 0.0455. The van der Waals surface area contributed by atoms with E-state index in [4.69, 9.17) is 4.74 Å². The van der Waals surface area contributed by atoms with E-state index in [-0.39, 0.29) is 11.3 Å². The minimum absolute atomic E-state index is 0.150. The third-order valence-electron chi connectivity index (χ3n) is 4.63. The molecule has 1 aliphatic rings. The molecule has 1 heterocycles. The van der Waals surface area contributed by atoms with Crippen LogP contribution >= 0.6 is 0 Å². The number of benzene rings is 3. The summed E-state index contributed by atoms with van der Waals surface area (Å²) in [6, 6.07) is 15.0. The molecule has 0 unspecified atom stereocenters. The van der Waals surface area contributed by atoms with E-state index >= 15 is 0 Å². The number of hydrogen-bond acceptors (Lipinski definition) is 4. The van der Waals surface area contributed by atoms with Gasteiger partial charge in [0.25, 0.3) is 11.8 Å². The van der Waals surface area contributed by atoms with Crippen LogP contribution in [0.3, 0.4) is 0 Å². The van der Waals surface area contributed by atoms with Crippen LogP contribution in [0.5, 0.6) is 5.75 Å². The molecule has 0 radical (unpaired) electrons. The number of halogens is 1. The van der Waals surface area contributed by atoms with Gasteiger partial charge in [0, 0.05) is 5.56 Å². The highest BCUT2D eigenvalue weighted by atomic mass is 19.1. The summed E-state index contributed by atoms with van der Waals surface area (Å²) in [5.74, 6) is -1.65. The van der Waals surface area contributed by atoms with E-state index in [1.54, 1.807) is 6.07 Å². The van der Waals surface area contributed by atoms with E-state index in [0.29, 0.717) is 11.3 Å². The second-order valence-electron chi connectivity index (χ2n) is 6.34. The average Bonchev–Trinajstić information content (AvgIpc) is 2.72. The van der Waals surface area contributed by atoms with Crippen LogP contribution in [-0.2, 0) is 9.59 Å². The van der Waals surface area contributed by atoms with Crippen molar-refractivity contribution in [2.24, 2.45) is 0 Å². The molecule has 29 heavy (non-hydrogen) atoms. The van der Waals surface area contributed by atoms with Crippen molar-refractivity contribution in [2.45, 2.75) is 0 Å². The third-order valence-corrected chi connectivity index (χ3v) is 4.63. The molecule has 0 atom stereocenters. The van der Waals surface area contributed by atoms with Crippen LogP contribution in [0.25, 0.3) is 16.8 Å². The van der Waals surface area contributed by atoms with Crippen LogP contribution in [0.4, 0.5) is 14.9 Å². The maximum atomic E-state index is 13.2. The van der Waals surface area contributed by atoms with E-state index < -0.39 is 23.7 Å². The Hall–Kier alpha value is -4.00. The van der Waals surface area contributed by atoms with Crippen molar-refractivity contribution < 1.29 is 23.5 Å². The Morgan fingerprint density at radius 1 is 0.966 bits per heavy atom. The predicted octanol–water partition coefficient (Wildman–Crippen LogP) is 3.65. The van der Waals surface area contributed by atoms with Gasteiger partial charge in [-0.2, -0.15) is 0 Å². The third kappa shape index (κ3) is 3.23. The topological polar surface area (TPSA) is 75.7 Å². The number of urea groups is 1.